The normalized spacial score (nSPS) is 15.2. The van der Waals surface area contributed by atoms with Crippen molar-refractivity contribution in [2.45, 2.75) is 89.5 Å². The SMILES string of the molecule is C[N+](C)(C=C1C=CC=C[CH+]1)CCCCCCCCCCCCCCNCCC[Si]. The molecule has 0 amide bonds. The Hall–Kier alpha value is -0.773. The fraction of sp³-hybridized carbons (Fsp3) is 0.731. The predicted octanol–water partition coefficient (Wildman–Crippen LogP) is 6.52. The van der Waals surface area contributed by atoms with Gasteiger partial charge in [0.15, 0.2) is 6.20 Å². The molecule has 0 aliphatic heterocycles. The van der Waals surface area contributed by atoms with Gasteiger partial charge in [0.25, 0.3) is 0 Å². The molecule has 0 spiro atoms. The van der Waals surface area contributed by atoms with E-state index in [1.54, 1.807) is 0 Å². The Kier molecular flexibility index (Phi) is 16.3. The van der Waals surface area contributed by atoms with Crippen molar-refractivity contribution in [3.63, 3.8) is 0 Å². The first-order chi connectivity index (χ1) is 14.1. The van der Waals surface area contributed by atoms with E-state index in [-0.39, 0.29) is 0 Å². The van der Waals surface area contributed by atoms with Crippen molar-refractivity contribution in [3.8, 4) is 0 Å². The molecule has 3 radical (unpaired) electrons. The quantitative estimate of drug-likeness (QED) is 0.109. The first kappa shape index (κ1) is 26.3. The number of hydrogen-bond donors (Lipinski definition) is 1. The maximum atomic E-state index is 3.51. The second kappa shape index (κ2) is 18.0. The summed E-state index contributed by atoms with van der Waals surface area (Å²) >= 11 is 0. The van der Waals surface area contributed by atoms with Crippen LogP contribution in [0, 0.1) is 6.42 Å². The van der Waals surface area contributed by atoms with Gasteiger partial charge in [-0.05, 0) is 38.8 Å². The van der Waals surface area contributed by atoms with Gasteiger partial charge in [0, 0.05) is 41.0 Å². The summed E-state index contributed by atoms with van der Waals surface area (Å²) in [5.74, 6) is 0. The molecule has 1 rings (SSSR count). The molecule has 0 saturated carbocycles. The number of nitrogens with zero attached hydrogens (tertiary/aromatic N) is 1. The van der Waals surface area contributed by atoms with Crippen molar-refractivity contribution < 1.29 is 4.48 Å². The summed E-state index contributed by atoms with van der Waals surface area (Å²) in [6.07, 6.45) is 31.3. The van der Waals surface area contributed by atoms with Crippen LogP contribution in [0.4, 0.5) is 0 Å². The Morgan fingerprint density at radius 3 is 1.90 bits per heavy atom. The zero-order valence-corrected chi connectivity index (χ0v) is 20.4. The summed E-state index contributed by atoms with van der Waals surface area (Å²) in [5, 5.41) is 3.51. The first-order valence-electron chi connectivity index (χ1n) is 12.2. The third-order valence-corrected chi connectivity index (χ3v) is 6.02. The van der Waals surface area contributed by atoms with Crippen LogP contribution in [0.25, 0.3) is 0 Å². The third kappa shape index (κ3) is 16.7. The highest BCUT2D eigenvalue weighted by molar-refractivity contribution is 6.08. The zero-order chi connectivity index (χ0) is 21.0. The lowest BCUT2D eigenvalue weighted by Crippen LogP contribution is -2.34. The first-order valence-corrected chi connectivity index (χ1v) is 12.9. The van der Waals surface area contributed by atoms with E-state index in [0.29, 0.717) is 0 Å². The Balaban J connectivity index is 1.82. The molecule has 0 heterocycles. The van der Waals surface area contributed by atoms with Crippen molar-refractivity contribution in [1.29, 1.82) is 0 Å². The minimum absolute atomic E-state index is 0.983. The van der Waals surface area contributed by atoms with Gasteiger partial charge < -0.3 is 5.32 Å². The third-order valence-electron chi connectivity index (χ3n) is 5.67. The largest absolute Gasteiger partial charge is 0.317 e. The van der Waals surface area contributed by atoms with E-state index in [0.717, 1.165) is 17.1 Å². The van der Waals surface area contributed by atoms with Crippen LogP contribution in [0.5, 0.6) is 0 Å². The van der Waals surface area contributed by atoms with Crippen molar-refractivity contribution in [3.05, 3.63) is 42.5 Å². The molecule has 0 bridgehead atoms. The fourth-order valence-electron chi connectivity index (χ4n) is 3.88. The summed E-state index contributed by atoms with van der Waals surface area (Å²) in [6.45, 7) is 3.60. The Morgan fingerprint density at radius 1 is 0.793 bits per heavy atom. The molecule has 0 aromatic heterocycles. The van der Waals surface area contributed by atoms with Gasteiger partial charge in [0.2, 0.25) is 0 Å². The number of hydrogen-bond acceptors (Lipinski definition) is 1. The van der Waals surface area contributed by atoms with Gasteiger partial charge in [-0.15, -0.1) is 0 Å². The summed E-state index contributed by atoms with van der Waals surface area (Å²) in [6, 6.07) is 1.11. The van der Waals surface area contributed by atoms with Gasteiger partial charge in [-0.1, -0.05) is 63.8 Å². The zero-order valence-electron chi connectivity index (χ0n) is 19.4. The van der Waals surface area contributed by atoms with Crippen LogP contribution in [-0.2, 0) is 0 Å². The van der Waals surface area contributed by atoms with Crippen LogP contribution >= 0.6 is 0 Å². The Bertz CT molecular complexity index is 465. The molecule has 2 nitrogen and oxygen atoms in total. The Morgan fingerprint density at radius 2 is 1.34 bits per heavy atom. The minimum atomic E-state index is 0.983. The van der Waals surface area contributed by atoms with Crippen LogP contribution < -0.4 is 5.32 Å². The molecule has 0 aromatic carbocycles. The minimum Gasteiger partial charge on any atom is -0.317 e. The average Bonchev–Trinajstić information content (AvgIpc) is 2.70. The lowest BCUT2D eigenvalue weighted by Gasteiger charge is -2.22. The van der Waals surface area contributed by atoms with Crippen molar-refractivity contribution >= 4 is 10.2 Å². The summed E-state index contributed by atoms with van der Waals surface area (Å²) < 4.78 is 0.983. The van der Waals surface area contributed by atoms with Gasteiger partial charge in [-0.2, -0.15) is 0 Å². The monoisotopic (exact) mass is 415 g/mol. The molecule has 3 heteroatoms. The molecule has 1 N–H and O–H groups in total. The predicted molar refractivity (Wildman–Crippen MR) is 131 cm³/mol. The molecule has 0 unspecified atom stereocenters. The van der Waals surface area contributed by atoms with E-state index in [2.05, 4.69) is 66.6 Å². The van der Waals surface area contributed by atoms with Gasteiger partial charge in [0.05, 0.1) is 20.6 Å². The number of rotatable bonds is 19. The second-order valence-corrected chi connectivity index (χ2v) is 9.64. The second-order valence-electron chi connectivity index (χ2n) is 9.14. The van der Waals surface area contributed by atoms with Gasteiger partial charge >= 0.3 is 0 Å². The van der Waals surface area contributed by atoms with Crippen molar-refractivity contribution in [2.24, 2.45) is 0 Å². The molecule has 29 heavy (non-hydrogen) atoms. The highest BCUT2D eigenvalue weighted by Gasteiger charge is 2.17. The number of nitrogens with one attached hydrogen (secondary N) is 1. The fourth-order valence-corrected chi connectivity index (χ4v) is 4.06. The summed E-state index contributed by atoms with van der Waals surface area (Å²) in [7, 11) is 8.14. The van der Waals surface area contributed by atoms with Crippen LogP contribution in [0.2, 0.25) is 6.04 Å². The lowest BCUT2D eigenvalue weighted by atomic mass is 10.0. The molecular formula is C26H47N2Si+2. The number of unbranched alkanes of at least 4 members (excludes halogenated alkanes) is 11. The maximum Gasteiger partial charge on any atom is 0.177 e. The molecule has 0 fully saturated rings. The van der Waals surface area contributed by atoms with Crippen molar-refractivity contribution in [2.75, 3.05) is 33.7 Å². The van der Waals surface area contributed by atoms with E-state index >= 15 is 0 Å². The van der Waals surface area contributed by atoms with Crippen LogP contribution in [0.15, 0.2) is 36.1 Å². The van der Waals surface area contributed by atoms with Gasteiger partial charge in [-0.25, -0.2) is 0 Å². The van der Waals surface area contributed by atoms with E-state index in [1.807, 2.05) is 0 Å². The van der Waals surface area contributed by atoms with E-state index in [1.165, 1.54) is 102 Å². The van der Waals surface area contributed by atoms with Gasteiger partial charge in [-0.3, -0.25) is 4.48 Å². The van der Waals surface area contributed by atoms with Crippen molar-refractivity contribution in [1.82, 2.24) is 5.32 Å². The maximum absolute atomic E-state index is 3.51. The highest BCUT2D eigenvalue weighted by atomic mass is 28.1. The molecule has 0 aromatic rings. The highest BCUT2D eigenvalue weighted by Crippen LogP contribution is 2.15. The van der Waals surface area contributed by atoms with Crippen LogP contribution in [0.3, 0.4) is 0 Å². The van der Waals surface area contributed by atoms with E-state index in [9.17, 15) is 0 Å². The molecule has 163 valence electrons. The molecule has 1 aliphatic carbocycles. The molecule has 0 atom stereocenters. The average molecular weight is 416 g/mol. The van der Waals surface area contributed by atoms with E-state index in [4.69, 9.17) is 0 Å². The smallest absolute Gasteiger partial charge is 0.177 e. The summed E-state index contributed by atoms with van der Waals surface area (Å²) in [5.41, 5.74) is 1.33. The number of allylic oxidation sites excluding steroid dienone is 5. The summed E-state index contributed by atoms with van der Waals surface area (Å²) in [4.78, 5) is 0. The molecule has 0 saturated heterocycles. The van der Waals surface area contributed by atoms with Crippen LogP contribution in [0.1, 0.15) is 83.5 Å². The standard InChI is InChI=1S/C26H47N2Si/c1-28(2,25-26-19-14-13-15-20-26)23-17-12-10-8-6-4-3-5-7-9-11-16-21-27-22-18-24-29/h13-15,19-20,25,27H,3-12,16-18,21-24H2,1-2H3/q+2. The topological polar surface area (TPSA) is 12.0 Å². The lowest BCUT2D eigenvalue weighted by molar-refractivity contribution is -0.839. The molecular weight excluding hydrogens is 368 g/mol. The number of quaternary nitrogens is 1. The Labute approximate surface area is 185 Å². The van der Waals surface area contributed by atoms with Gasteiger partial charge in [0.1, 0.15) is 5.57 Å². The molecule has 1 aliphatic rings. The van der Waals surface area contributed by atoms with Crippen LogP contribution in [-0.4, -0.2) is 48.5 Å². The van der Waals surface area contributed by atoms with E-state index < -0.39 is 0 Å².